The Morgan fingerprint density at radius 1 is 1.19 bits per heavy atom. The van der Waals surface area contributed by atoms with E-state index in [1.165, 1.54) is 12.8 Å². The minimum atomic E-state index is -0.0365. The summed E-state index contributed by atoms with van der Waals surface area (Å²) in [5, 5.41) is 9.80. The van der Waals surface area contributed by atoms with Crippen LogP contribution in [0.25, 0.3) is 0 Å². The lowest BCUT2D eigenvalue weighted by atomic mass is 10.1. The van der Waals surface area contributed by atoms with Gasteiger partial charge in [-0.25, -0.2) is 0 Å². The van der Waals surface area contributed by atoms with Crippen molar-refractivity contribution in [2.75, 3.05) is 26.7 Å². The first-order valence-corrected chi connectivity index (χ1v) is 11.2. The second kappa shape index (κ2) is 13.5. The summed E-state index contributed by atoms with van der Waals surface area (Å²) in [6, 6.07) is 12.0. The molecule has 0 spiro atoms. The monoisotopic (exact) mass is 553 g/mol. The Morgan fingerprint density at radius 3 is 2.62 bits per heavy atom. The second-order valence-electron chi connectivity index (χ2n) is 8.06. The largest absolute Gasteiger partial charge is 0.468 e. The van der Waals surface area contributed by atoms with Crippen molar-refractivity contribution in [1.82, 2.24) is 20.9 Å². The van der Waals surface area contributed by atoms with Crippen LogP contribution in [0.1, 0.15) is 60.8 Å². The molecule has 1 amide bonds. The Labute approximate surface area is 208 Å². The first kappa shape index (κ1) is 26.2. The number of amides is 1. The molecular formula is C24H36IN5O2. The zero-order chi connectivity index (χ0) is 22.1. The maximum Gasteiger partial charge on any atom is 0.251 e. The van der Waals surface area contributed by atoms with E-state index < -0.39 is 0 Å². The molecule has 1 aliphatic heterocycles. The highest BCUT2D eigenvalue weighted by atomic mass is 127. The minimum Gasteiger partial charge on any atom is -0.468 e. The summed E-state index contributed by atoms with van der Waals surface area (Å²) < 4.78 is 5.69. The first-order chi connectivity index (χ1) is 15.1. The van der Waals surface area contributed by atoms with E-state index in [4.69, 9.17) is 4.42 Å². The zero-order valence-corrected chi connectivity index (χ0v) is 21.6. The van der Waals surface area contributed by atoms with Gasteiger partial charge in [0.05, 0.1) is 12.3 Å². The number of halogens is 1. The number of hydrogen-bond donors (Lipinski definition) is 3. The Hall–Kier alpha value is -2.07. The Balaban J connectivity index is 0.00000363. The molecule has 0 saturated carbocycles. The van der Waals surface area contributed by atoms with Crippen LogP contribution in [0, 0.1) is 0 Å². The SMILES string of the molecule is CCC(C)NC(=O)c1cccc(CNC(=NC)NCC(c2ccco2)N2CCCC2)c1.I. The van der Waals surface area contributed by atoms with Crippen LogP contribution in [0.2, 0.25) is 0 Å². The molecule has 7 nitrogen and oxygen atoms in total. The van der Waals surface area contributed by atoms with Gasteiger partial charge in [0.25, 0.3) is 5.91 Å². The third-order valence-corrected chi connectivity index (χ3v) is 5.78. The quantitative estimate of drug-likeness (QED) is 0.249. The zero-order valence-electron chi connectivity index (χ0n) is 19.3. The maximum atomic E-state index is 12.4. The van der Waals surface area contributed by atoms with Crippen molar-refractivity contribution in [3.63, 3.8) is 0 Å². The van der Waals surface area contributed by atoms with Gasteiger partial charge >= 0.3 is 0 Å². The van der Waals surface area contributed by atoms with E-state index in [1.54, 1.807) is 13.3 Å². The van der Waals surface area contributed by atoms with Crippen molar-refractivity contribution in [3.05, 3.63) is 59.5 Å². The number of aliphatic imine (C=N–C) groups is 1. The highest BCUT2D eigenvalue weighted by molar-refractivity contribution is 14.0. The average molecular weight is 553 g/mol. The van der Waals surface area contributed by atoms with Gasteiger partial charge in [0.15, 0.2) is 5.96 Å². The Kier molecular flexibility index (Phi) is 11.0. The number of carbonyl (C=O) groups excluding carboxylic acids is 1. The Morgan fingerprint density at radius 2 is 1.97 bits per heavy atom. The average Bonchev–Trinajstić information content (AvgIpc) is 3.51. The summed E-state index contributed by atoms with van der Waals surface area (Å²) in [7, 11) is 1.77. The van der Waals surface area contributed by atoms with Gasteiger partial charge in [0.1, 0.15) is 5.76 Å². The molecule has 32 heavy (non-hydrogen) atoms. The second-order valence-corrected chi connectivity index (χ2v) is 8.06. The molecule has 0 radical (unpaired) electrons. The lowest BCUT2D eigenvalue weighted by Crippen LogP contribution is -2.42. The molecule has 176 valence electrons. The number of nitrogens with zero attached hydrogens (tertiary/aromatic N) is 2. The van der Waals surface area contributed by atoms with Gasteiger partial charge in [0, 0.05) is 31.7 Å². The fraction of sp³-hybridized carbons (Fsp3) is 0.500. The molecule has 2 aromatic rings. The van der Waals surface area contributed by atoms with E-state index in [9.17, 15) is 4.79 Å². The molecule has 1 saturated heterocycles. The standard InChI is InChI=1S/C24H35N5O2.HI/c1-4-18(2)28-23(30)20-10-7-9-19(15-20)16-26-24(25-3)27-17-21(22-11-8-14-31-22)29-12-5-6-13-29;/h7-11,14-15,18,21H,4-6,12-13,16-17H2,1-3H3,(H,28,30)(H2,25,26,27);1H. The smallest absolute Gasteiger partial charge is 0.251 e. The van der Waals surface area contributed by atoms with Crippen LogP contribution in [0.5, 0.6) is 0 Å². The van der Waals surface area contributed by atoms with Gasteiger partial charge in [-0.1, -0.05) is 19.1 Å². The van der Waals surface area contributed by atoms with Gasteiger partial charge in [0.2, 0.25) is 0 Å². The molecular weight excluding hydrogens is 517 g/mol. The predicted molar refractivity (Wildman–Crippen MR) is 140 cm³/mol. The van der Waals surface area contributed by atoms with E-state index in [0.29, 0.717) is 18.7 Å². The maximum absolute atomic E-state index is 12.4. The highest BCUT2D eigenvalue weighted by Crippen LogP contribution is 2.24. The molecule has 2 unspecified atom stereocenters. The fourth-order valence-electron chi connectivity index (χ4n) is 3.78. The summed E-state index contributed by atoms with van der Waals surface area (Å²) >= 11 is 0. The number of nitrogens with one attached hydrogen (secondary N) is 3. The molecule has 1 aliphatic rings. The summed E-state index contributed by atoms with van der Waals surface area (Å²) in [5.41, 5.74) is 1.70. The van der Waals surface area contributed by atoms with E-state index in [0.717, 1.165) is 36.8 Å². The summed E-state index contributed by atoms with van der Waals surface area (Å²) in [6.45, 7) is 7.54. The first-order valence-electron chi connectivity index (χ1n) is 11.2. The number of carbonyl (C=O) groups is 1. The summed E-state index contributed by atoms with van der Waals surface area (Å²) in [4.78, 5) is 19.2. The van der Waals surface area contributed by atoms with E-state index in [1.807, 2.05) is 43.3 Å². The van der Waals surface area contributed by atoms with Gasteiger partial charge in [-0.05, 0) is 69.1 Å². The van der Waals surface area contributed by atoms with Gasteiger partial charge in [-0.3, -0.25) is 14.7 Å². The fourth-order valence-corrected chi connectivity index (χ4v) is 3.78. The predicted octanol–water partition coefficient (Wildman–Crippen LogP) is 3.93. The lowest BCUT2D eigenvalue weighted by Gasteiger charge is -2.26. The topological polar surface area (TPSA) is 81.9 Å². The van der Waals surface area contributed by atoms with Crippen LogP contribution in [0.3, 0.4) is 0 Å². The molecule has 8 heteroatoms. The van der Waals surface area contributed by atoms with Crippen molar-refractivity contribution in [1.29, 1.82) is 0 Å². The summed E-state index contributed by atoms with van der Waals surface area (Å²) in [6.07, 6.45) is 5.09. The third-order valence-electron chi connectivity index (χ3n) is 5.78. The lowest BCUT2D eigenvalue weighted by molar-refractivity contribution is 0.0939. The van der Waals surface area contributed by atoms with Crippen molar-refractivity contribution in [3.8, 4) is 0 Å². The number of rotatable bonds is 9. The van der Waals surface area contributed by atoms with Crippen molar-refractivity contribution in [2.45, 2.75) is 51.7 Å². The molecule has 0 aliphatic carbocycles. The van der Waals surface area contributed by atoms with Crippen LogP contribution in [-0.4, -0.2) is 49.5 Å². The molecule has 0 bridgehead atoms. The molecule has 2 heterocycles. The van der Waals surface area contributed by atoms with Crippen molar-refractivity contribution < 1.29 is 9.21 Å². The van der Waals surface area contributed by atoms with Crippen molar-refractivity contribution >= 4 is 35.8 Å². The number of guanidine groups is 1. The highest BCUT2D eigenvalue weighted by Gasteiger charge is 2.25. The molecule has 3 rings (SSSR count). The molecule has 2 atom stereocenters. The minimum absolute atomic E-state index is 0. The molecule has 3 N–H and O–H groups in total. The van der Waals surface area contributed by atoms with Crippen molar-refractivity contribution in [2.24, 2.45) is 4.99 Å². The van der Waals surface area contributed by atoms with Crippen LogP contribution in [0.15, 0.2) is 52.1 Å². The molecule has 1 aromatic heterocycles. The number of hydrogen-bond acceptors (Lipinski definition) is 4. The van der Waals surface area contributed by atoms with E-state index in [-0.39, 0.29) is 42.0 Å². The van der Waals surface area contributed by atoms with E-state index in [2.05, 4.69) is 32.8 Å². The van der Waals surface area contributed by atoms with E-state index >= 15 is 0 Å². The number of likely N-dealkylation sites (tertiary alicyclic amines) is 1. The molecule has 1 aromatic carbocycles. The van der Waals surface area contributed by atoms with Crippen LogP contribution in [-0.2, 0) is 6.54 Å². The number of furan rings is 1. The Bertz CT molecular complexity index is 850. The van der Waals surface area contributed by atoms with Gasteiger partial charge < -0.3 is 20.4 Å². The van der Waals surface area contributed by atoms with Gasteiger partial charge in [-0.2, -0.15) is 0 Å². The third kappa shape index (κ3) is 7.51. The number of benzene rings is 1. The summed E-state index contributed by atoms with van der Waals surface area (Å²) in [5.74, 6) is 1.67. The normalized spacial score (nSPS) is 16.2. The van der Waals surface area contributed by atoms with Crippen LogP contribution >= 0.6 is 24.0 Å². The van der Waals surface area contributed by atoms with Gasteiger partial charge in [-0.15, -0.1) is 24.0 Å². The molecule has 1 fully saturated rings. The van der Waals surface area contributed by atoms with Crippen LogP contribution < -0.4 is 16.0 Å². The van der Waals surface area contributed by atoms with Crippen LogP contribution in [0.4, 0.5) is 0 Å².